The molecule has 3 aromatic rings. The molecule has 6 N–H and O–H groups in total. The quantitative estimate of drug-likeness (QED) is 0.202. The maximum atomic E-state index is 13.9. The van der Waals surface area contributed by atoms with Gasteiger partial charge in [-0.2, -0.15) is 15.1 Å². The van der Waals surface area contributed by atoms with Crippen molar-refractivity contribution < 1.29 is 37.7 Å². The monoisotopic (exact) mass is 563 g/mol. The van der Waals surface area contributed by atoms with E-state index in [4.69, 9.17) is 34.7 Å². The molecule has 3 unspecified atom stereocenters. The fourth-order valence-corrected chi connectivity index (χ4v) is 5.96. The number of nitrogens with two attached hydrogens (primary N) is 2. The second-order valence-corrected chi connectivity index (χ2v) is 11.3. The summed E-state index contributed by atoms with van der Waals surface area (Å²) in [5.74, 6) is -0.368. The van der Waals surface area contributed by atoms with Gasteiger partial charge in [-0.3, -0.25) is 13.9 Å². The molecule has 0 spiro atoms. The number of imidazole rings is 1. The van der Waals surface area contributed by atoms with Crippen LogP contribution in [-0.4, -0.2) is 73.8 Å². The molecular formula is C23H30N7O8P. The number of nitrogens with zero attached hydrogens (tertiary/aromatic N) is 4. The van der Waals surface area contributed by atoms with Gasteiger partial charge in [0.05, 0.1) is 25.6 Å². The third kappa shape index (κ3) is 5.29. The number of ether oxygens (including phenoxy) is 3. The van der Waals surface area contributed by atoms with E-state index < -0.39 is 50.4 Å². The van der Waals surface area contributed by atoms with Crippen molar-refractivity contribution in [2.24, 2.45) is 0 Å². The molecule has 0 radical (unpaired) electrons. The molecule has 16 heteroatoms. The molecular weight excluding hydrogens is 533 g/mol. The van der Waals surface area contributed by atoms with E-state index >= 15 is 0 Å². The van der Waals surface area contributed by atoms with Crippen LogP contribution in [-0.2, 0) is 28.1 Å². The Morgan fingerprint density at radius 2 is 2.03 bits per heavy atom. The molecule has 5 rings (SSSR count). The van der Waals surface area contributed by atoms with E-state index in [2.05, 4.69) is 20.0 Å². The van der Waals surface area contributed by atoms with Gasteiger partial charge in [0.2, 0.25) is 5.95 Å². The molecule has 39 heavy (non-hydrogen) atoms. The predicted octanol–water partition coefficient (Wildman–Crippen LogP) is 1.15. The number of aliphatic hydroxyl groups excluding tert-OH is 1. The van der Waals surface area contributed by atoms with Crippen LogP contribution in [0.25, 0.3) is 11.2 Å². The summed E-state index contributed by atoms with van der Waals surface area (Å²) in [4.78, 5) is 24.7. The lowest BCUT2D eigenvalue weighted by Gasteiger charge is -2.32. The van der Waals surface area contributed by atoms with E-state index in [9.17, 15) is 14.5 Å². The fourth-order valence-electron chi connectivity index (χ4n) is 4.41. The van der Waals surface area contributed by atoms with Crippen LogP contribution in [0.2, 0.25) is 0 Å². The van der Waals surface area contributed by atoms with Crippen molar-refractivity contribution in [3.8, 4) is 5.75 Å². The highest BCUT2D eigenvalue weighted by Crippen LogP contribution is 2.50. The predicted molar refractivity (Wildman–Crippen MR) is 137 cm³/mol. The molecule has 0 aliphatic carbocycles. The topological polar surface area (TPSA) is 208 Å². The van der Waals surface area contributed by atoms with Crippen molar-refractivity contribution in [3.63, 3.8) is 0 Å². The van der Waals surface area contributed by atoms with Gasteiger partial charge in [0.15, 0.2) is 17.7 Å². The minimum atomic E-state index is -4.21. The lowest BCUT2D eigenvalue weighted by Crippen LogP contribution is -2.46. The number of aromatic nitrogens is 4. The summed E-state index contributed by atoms with van der Waals surface area (Å²) in [5.41, 5.74) is 10.8. The first-order valence-corrected chi connectivity index (χ1v) is 13.7. The normalized spacial score (nSPS) is 26.5. The van der Waals surface area contributed by atoms with Crippen LogP contribution in [0.3, 0.4) is 0 Å². The maximum absolute atomic E-state index is 13.9. The molecule has 2 saturated heterocycles. The SMILES string of the molecule is CC(C)OC(=O)C(C)NP(=O)(OC[C@@]12CO[C@@H](C(n3cnc4c(N)nc(N)nc43)O1)[C@@H]2O)Oc1ccccc1. The number of anilines is 2. The van der Waals surface area contributed by atoms with Gasteiger partial charge in [-0.25, -0.2) is 9.55 Å². The van der Waals surface area contributed by atoms with Crippen molar-refractivity contribution in [1.82, 2.24) is 24.6 Å². The number of rotatable bonds is 10. The second-order valence-electron chi connectivity index (χ2n) is 9.60. The van der Waals surface area contributed by atoms with E-state index in [0.29, 0.717) is 11.2 Å². The highest BCUT2D eigenvalue weighted by atomic mass is 31.2. The molecule has 0 amide bonds. The maximum Gasteiger partial charge on any atom is 0.459 e. The Labute approximate surface area is 223 Å². The van der Waals surface area contributed by atoms with Gasteiger partial charge < -0.3 is 35.3 Å². The van der Waals surface area contributed by atoms with Gasteiger partial charge in [-0.15, -0.1) is 0 Å². The van der Waals surface area contributed by atoms with Crippen molar-refractivity contribution in [2.75, 3.05) is 24.7 Å². The number of benzene rings is 1. The average Bonchev–Trinajstić information content (AvgIpc) is 3.52. The Bertz CT molecular complexity index is 1410. The van der Waals surface area contributed by atoms with Gasteiger partial charge in [-0.1, -0.05) is 18.2 Å². The number of carbonyl (C=O) groups excluding carboxylic acids is 1. The van der Waals surface area contributed by atoms with Crippen LogP contribution in [0.15, 0.2) is 36.7 Å². The summed E-state index contributed by atoms with van der Waals surface area (Å²) in [5, 5.41) is 13.7. The summed E-state index contributed by atoms with van der Waals surface area (Å²) in [6.45, 7) is 4.41. The number of para-hydroxylation sites is 1. The number of carbonyl (C=O) groups is 1. The molecule has 2 fully saturated rings. The average molecular weight is 564 g/mol. The number of esters is 1. The Morgan fingerprint density at radius 1 is 1.28 bits per heavy atom. The van der Waals surface area contributed by atoms with Gasteiger partial charge in [0.1, 0.15) is 35.1 Å². The minimum absolute atomic E-state index is 0.0559. The first kappa shape index (κ1) is 27.2. The third-order valence-electron chi connectivity index (χ3n) is 6.25. The van der Waals surface area contributed by atoms with Gasteiger partial charge in [0, 0.05) is 0 Å². The van der Waals surface area contributed by atoms with Crippen LogP contribution in [0.5, 0.6) is 5.75 Å². The first-order chi connectivity index (χ1) is 18.5. The molecule has 2 bridgehead atoms. The van der Waals surface area contributed by atoms with E-state index in [1.54, 1.807) is 44.2 Å². The Kier molecular flexibility index (Phi) is 7.22. The van der Waals surface area contributed by atoms with E-state index in [1.165, 1.54) is 17.8 Å². The van der Waals surface area contributed by atoms with Gasteiger partial charge >= 0.3 is 13.7 Å². The van der Waals surface area contributed by atoms with E-state index in [0.717, 1.165) is 0 Å². The summed E-state index contributed by atoms with van der Waals surface area (Å²) >= 11 is 0. The molecule has 6 atom stereocenters. The van der Waals surface area contributed by atoms with Gasteiger partial charge in [-0.05, 0) is 32.9 Å². The molecule has 15 nitrogen and oxygen atoms in total. The minimum Gasteiger partial charge on any atom is -0.462 e. The molecule has 2 aliphatic heterocycles. The largest absolute Gasteiger partial charge is 0.462 e. The molecule has 2 aliphatic rings. The van der Waals surface area contributed by atoms with Crippen LogP contribution in [0.1, 0.15) is 27.0 Å². The summed E-state index contributed by atoms with van der Waals surface area (Å²) in [6.07, 6.45) is -1.83. The number of fused-ring (bicyclic) bond motifs is 3. The van der Waals surface area contributed by atoms with Crippen molar-refractivity contribution in [1.29, 1.82) is 0 Å². The molecule has 1 aromatic carbocycles. The van der Waals surface area contributed by atoms with Gasteiger partial charge in [0.25, 0.3) is 0 Å². The number of hydrogen-bond donors (Lipinski definition) is 4. The molecule has 2 aromatic heterocycles. The third-order valence-corrected chi connectivity index (χ3v) is 7.88. The summed E-state index contributed by atoms with van der Waals surface area (Å²) in [6, 6.07) is 7.28. The summed E-state index contributed by atoms with van der Waals surface area (Å²) in [7, 11) is -4.21. The highest BCUT2D eigenvalue weighted by Gasteiger charge is 2.63. The lowest BCUT2D eigenvalue weighted by atomic mass is 10.0. The zero-order valence-electron chi connectivity index (χ0n) is 21.5. The first-order valence-electron chi connectivity index (χ1n) is 12.2. The number of nitrogens with one attached hydrogen (secondary N) is 1. The number of hydrogen-bond acceptors (Lipinski definition) is 13. The molecule has 0 saturated carbocycles. The van der Waals surface area contributed by atoms with Crippen LogP contribution < -0.4 is 21.1 Å². The molecule has 4 heterocycles. The van der Waals surface area contributed by atoms with E-state index in [1.807, 2.05) is 0 Å². The van der Waals surface area contributed by atoms with Crippen molar-refractivity contribution in [2.45, 2.75) is 57.0 Å². The standard InChI is InChI=1S/C23H30N7O8P/c1-12(2)36-21(32)13(3)29-39(33,38-14-7-5-4-6-8-14)35-10-23-9-34-16(17(23)31)20(37-23)30-11-26-15-18(24)27-22(25)28-19(15)30/h4-8,11-13,16-17,20,31H,9-10H2,1-3H3,(H,29,33)(H4,24,25,27,28)/t13?,16-,17+,20?,23-,39?/m1/s1. The smallest absolute Gasteiger partial charge is 0.459 e. The van der Waals surface area contributed by atoms with Crippen molar-refractivity contribution >= 4 is 36.6 Å². The summed E-state index contributed by atoms with van der Waals surface area (Å²) < 4.78 is 44.1. The number of nitrogen functional groups attached to an aromatic ring is 2. The zero-order chi connectivity index (χ0) is 27.9. The molecule has 210 valence electrons. The van der Waals surface area contributed by atoms with Crippen LogP contribution >= 0.6 is 7.75 Å². The Balaban J connectivity index is 1.37. The van der Waals surface area contributed by atoms with Crippen LogP contribution in [0.4, 0.5) is 11.8 Å². The second kappa shape index (κ2) is 10.3. The number of aliphatic hydroxyl groups is 1. The van der Waals surface area contributed by atoms with Crippen LogP contribution in [0, 0.1) is 0 Å². The van der Waals surface area contributed by atoms with E-state index in [-0.39, 0.29) is 30.2 Å². The Hall–Kier alpha value is -3.33. The highest BCUT2D eigenvalue weighted by molar-refractivity contribution is 7.52. The fraction of sp³-hybridized carbons (Fsp3) is 0.478. The van der Waals surface area contributed by atoms with Crippen molar-refractivity contribution in [3.05, 3.63) is 36.7 Å². The Morgan fingerprint density at radius 3 is 2.74 bits per heavy atom. The zero-order valence-corrected chi connectivity index (χ0v) is 22.4. The lowest BCUT2D eigenvalue weighted by molar-refractivity contribution is -0.183.